The molecule has 456 valence electrons. The molecule has 0 spiro atoms. The second kappa shape index (κ2) is 54.2. The number of benzene rings is 1. The highest BCUT2D eigenvalue weighted by Gasteiger charge is 2.35. The quantitative estimate of drug-likeness (QED) is 0.0356. The van der Waals surface area contributed by atoms with E-state index in [2.05, 4.69) is 56.9 Å². The number of rotatable bonds is 59. The van der Waals surface area contributed by atoms with E-state index in [-0.39, 0.29) is 42.8 Å². The summed E-state index contributed by atoms with van der Waals surface area (Å²) in [6.45, 7) is 16.9. The summed E-state index contributed by atoms with van der Waals surface area (Å²) < 4.78 is 43.1. The molecule has 0 aliphatic carbocycles. The van der Waals surface area contributed by atoms with Crippen LogP contribution in [0.1, 0.15) is 303 Å². The van der Waals surface area contributed by atoms with Gasteiger partial charge in [0.05, 0.1) is 32.7 Å². The van der Waals surface area contributed by atoms with Gasteiger partial charge in [-0.3, -0.25) is 9.59 Å². The molecule has 1 saturated heterocycles. The molecule has 0 bridgehead atoms. The van der Waals surface area contributed by atoms with Crippen molar-refractivity contribution in [1.82, 2.24) is 4.90 Å². The third-order valence-corrected chi connectivity index (χ3v) is 16.2. The van der Waals surface area contributed by atoms with Crippen molar-refractivity contribution in [2.45, 2.75) is 317 Å². The Morgan fingerprint density at radius 1 is 0.423 bits per heavy atom. The first-order chi connectivity index (χ1) is 38.4. The van der Waals surface area contributed by atoms with Gasteiger partial charge < -0.3 is 38.1 Å². The van der Waals surface area contributed by atoms with Gasteiger partial charge in [0.15, 0.2) is 12.6 Å². The van der Waals surface area contributed by atoms with Gasteiger partial charge in [-0.25, -0.2) is 0 Å². The first-order valence-corrected chi connectivity index (χ1v) is 33.5. The third-order valence-electron chi connectivity index (χ3n) is 16.2. The van der Waals surface area contributed by atoms with Crippen molar-refractivity contribution in [3.63, 3.8) is 0 Å². The Bertz CT molecular complexity index is 1310. The van der Waals surface area contributed by atoms with Gasteiger partial charge in [-0.15, -0.1) is 0 Å². The lowest BCUT2D eigenvalue weighted by atomic mass is 9.73. The van der Waals surface area contributed by atoms with E-state index in [0.717, 1.165) is 90.4 Å². The van der Waals surface area contributed by atoms with Crippen LogP contribution in [-0.2, 0) is 49.4 Å². The third kappa shape index (κ3) is 43.6. The van der Waals surface area contributed by atoms with Crippen molar-refractivity contribution < 1.29 is 42.7 Å². The van der Waals surface area contributed by atoms with Crippen molar-refractivity contribution in [2.24, 2.45) is 5.41 Å². The Hall–Kier alpha value is -2.08. The van der Waals surface area contributed by atoms with Gasteiger partial charge in [0.25, 0.3) is 0 Å². The van der Waals surface area contributed by atoms with Crippen LogP contribution < -0.4 is 0 Å². The van der Waals surface area contributed by atoms with Gasteiger partial charge in [-0.1, -0.05) is 238 Å². The molecule has 0 amide bonds. The number of hydrogen-bond acceptors (Lipinski definition) is 10. The highest BCUT2D eigenvalue weighted by molar-refractivity contribution is 5.69. The lowest BCUT2D eigenvalue weighted by Crippen LogP contribution is -2.42. The zero-order chi connectivity index (χ0) is 55.9. The van der Waals surface area contributed by atoms with Crippen LogP contribution in [0.4, 0.5) is 0 Å². The summed E-state index contributed by atoms with van der Waals surface area (Å²) in [7, 11) is 0. The molecule has 0 aromatic heterocycles. The smallest absolute Gasteiger partial charge is 0.305 e. The van der Waals surface area contributed by atoms with Gasteiger partial charge in [0.1, 0.15) is 0 Å². The maximum atomic E-state index is 13.4. The molecule has 1 fully saturated rings. The average molecular weight is 1100 g/mol. The van der Waals surface area contributed by atoms with Gasteiger partial charge in [0.2, 0.25) is 0 Å². The summed E-state index contributed by atoms with van der Waals surface area (Å²) in [5.41, 5.74) is 1.14. The Kier molecular flexibility index (Phi) is 50.0. The van der Waals surface area contributed by atoms with Crippen LogP contribution in [0.5, 0.6) is 0 Å². The summed E-state index contributed by atoms with van der Waals surface area (Å²) in [4.78, 5) is 29.3. The van der Waals surface area contributed by atoms with Crippen molar-refractivity contribution in [1.29, 1.82) is 0 Å². The second-order valence-corrected chi connectivity index (χ2v) is 23.3. The molecule has 1 aromatic rings. The summed E-state index contributed by atoms with van der Waals surface area (Å²) in [5.74, 6) is -0.382. The number of ether oxygens (including phenoxy) is 7. The zero-order valence-corrected chi connectivity index (χ0v) is 51.6. The monoisotopic (exact) mass is 1100 g/mol. The molecule has 0 unspecified atom stereocenters. The van der Waals surface area contributed by atoms with Crippen LogP contribution in [-0.4, -0.2) is 95.3 Å². The van der Waals surface area contributed by atoms with Crippen LogP contribution in [0, 0.1) is 5.41 Å². The lowest BCUT2D eigenvalue weighted by Gasteiger charge is -2.42. The van der Waals surface area contributed by atoms with E-state index in [9.17, 15) is 9.59 Å². The van der Waals surface area contributed by atoms with Gasteiger partial charge >= 0.3 is 11.9 Å². The first kappa shape index (κ1) is 72.0. The van der Waals surface area contributed by atoms with Crippen LogP contribution in [0.15, 0.2) is 30.3 Å². The minimum Gasteiger partial charge on any atom is -0.466 e. The maximum absolute atomic E-state index is 13.4. The lowest BCUT2D eigenvalue weighted by molar-refractivity contribution is -0.160. The summed E-state index contributed by atoms with van der Waals surface area (Å²) in [5, 5.41) is 0. The van der Waals surface area contributed by atoms with Crippen LogP contribution in [0.3, 0.4) is 0 Å². The normalized spacial score (nSPS) is 13.8. The SMILES string of the molecule is CCCCCCCCCCOC(CCC(=O)OCCC1(CCOC(=O)CCC(OCCCCCCCCCC)OCCCCCCCCCC)CCN(CCCCOCc2ccccc2)CC1)OCCCCCCCCCC. The fourth-order valence-corrected chi connectivity index (χ4v) is 10.8. The number of hydrogen-bond donors (Lipinski definition) is 0. The van der Waals surface area contributed by atoms with Crippen molar-refractivity contribution in [3.8, 4) is 0 Å². The predicted molar refractivity (Wildman–Crippen MR) is 325 cm³/mol. The Labute approximate surface area is 481 Å². The predicted octanol–water partition coefficient (Wildman–Crippen LogP) is 18.8. The maximum Gasteiger partial charge on any atom is 0.305 e. The van der Waals surface area contributed by atoms with Gasteiger partial charge in [0, 0.05) is 45.9 Å². The topological polar surface area (TPSA) is 102 Å². The molecule has 10 nitrogen and oxygen atoms in total. The molecular formula is C68H125NO9. The summed E-state index contributed by atoms with van der Waals surface area (Å²) in [6, 6.07) is 10.4. The summed E-state index contributed by atoms with van der Waals surface area (Å²) in [6.07, 6.45) is 46.5. The number of carbonyl (C=O) groups excluding carboxylic acids is 2. The molecular weight excluding hydrogens is 975 g/mol. The Balaban J connectivity index is 1.92. The minimum absolute atomic E-state index is 0.0721. The largest absolute Gasteiger partial charge is 0.466 e. The summed E-state index contributed by atoms with van der Waals surface area (Å²) >= 11 is 0. The van der Waals surface area contributed by atoms with E-state index in [1.807, 2.05) is 6.07 Å². The number of esters is 2. The van der Waals surface area contributed by atoms with Crippen molar-refractivity contribution in [2.75, 3.05) is 65.9 Å². The van der Waals surface area contributed by atoms with E-state index in [1.54, 1.807) is 0 Å². The molecule has 0 atom stereocenters. The van der Waals surface area contributed by atoms with E-state index >= 15 is 0 Å². The average Bonchev–Trinajstić information content (AvgIpc) is 3.45. The standard InChI is InChI=1S/C68H125NO9/c1-5-9-13-17-21-25-29-37-56-75-66(76-57-38-30-26-22-18-14-10-6-2)46-44-64(70)73-60-50-68(48-53-69(54-49-68)52-36-41-55-72-62-63-42-34-33-35-43-63)51-61-74-65(71)45-47-67(77-58-39-31-27-23-19-15-11-7-3)78-59-40-32-28-24-20-16-12-8-4/h33-35,42-43,66-67H,5-32,36-41,44-62H2,1-4H3. The number of nitrogens with zero attached hydrogens (tertiary/aromatic N) is 1. The first-order valence-electron chi connectivity index (χ1n) is 33.5. The fraction of sp³-hybridized carbons (Fsp3) is 0.882. The van der Waals surface area contributed by atoms with E-state index in [1.165, 1.54) is 185 Å². The van der Waals surface area contributed by atoms with Crippen LogP contribution in [0.2, 0.25) is 0 Å². The van der Waals surface area contributed by atoms with E-state index in [0.29, 0.717) is 59.1 Å². The van der Waals surface area contributed by atoms with Gasteiger partial charge in [-0.2, -0.15) is 0 Å². The van der Waals surface area contributed by atoms with Crippen molar-refractivity contribution >= 4 is 11.9 Å². The molecule has 1 heterocycles. The second-order valence-electron chi connectivity index (χ2n) is 23.3. The fourth-order valence-electron chi connectivity index (χ4n) is 10.8. The Morgan fingerprint density at radius 3 is 1.12 bits per heavy atom. The minimum atomic E-state index is -0.384. The molecule has 0 radical (unpaired) electrons. The number of likely N-dealkylation sites (tertiary alicyclic amines) is 1. The zero-order valence-electron chi connectivity index (χ0n) is 51.6. The molecule has 1 aliphatic heterocycles. The molecule has 2 rings (SSSR count). The van der Waals surface area contributed by atoms with Crippen molar-refractivity contribution in [3.05, 3.63) is 35.9 Å². The molecule has 10 heteroatoms. The van der Waals surface area contributed by atoms with E-state index < -0.39 is 0 Å². The molecule has 1 aromatic carbocycles. The van der Waals surface area contributed by atoms with Gasteiger partial charge in [-0.05, 0) is 94.8 Å². The highest BCUT2D eigenvalue weighted by atomic mass is 16.7. The molecule has 0 N–H and O–H groups in total. The van der Waals surface area contributed by atoms with E-state index in [4.69, 9.17) is 33.2 Å². The molecule has 0 saturated carbocycles. The highest BCUT2D eigenvalue weighted by Crippen LogP contribution is 2.39. The molecule has 1 aliphatic rings. The molecule has 78 heavy (non-hydrogen) atoms. The van der Waals surface area contributed by atoms with Crippen LogP contribution >= 0.6 is 0 Å². The number of carbonyl (C=O) groups is 2. The Morgan fingerprint density at radius 2 is 0.756 bits per heavy atom. The van der Waals surface area contributed by atoms with Crippen LogP contribution in [0.25, 0.3) is 0 Å². The number of unbranched alkanes of at least 4 members (excludes halogenated alkanes) is 29. The number of piperidine rings is 1.